The van der Waals surface area contributed by atoms with Crippen LogP contribution in [0.5, 0.6) is 0 Å². The molecule has 2 aromatic rings. The topological polar surface area (TPSA) is 53.9 Å². The molecule has 6 nitrogen and oxygen atoms in total. The quantitative estimate of drug-likeness (QED) is 0.674. The van der Waals surface area contributed by atoms with Crippen LogP contribution in [0, 0.1) is 0 Å². The van der Waals surface area contributed by atoms with Gasteiger partial charge in [0, 0.05) is 16.5 Å². The minimum Gasteiger partial charge on any atom is -0.370 e. The normalized spacial score (nSPS) is 20.7. The Morgan fingerprint density at radius 3 is 2.43 bits per heavy atom. The van der Waals surface area contributed by atoms with E-state index in [2.05, 4.69) is 10.5 Å². The van der Waals surface area contributed by atoms with E-state index < -0.39 is 0 Å². The number of likely N-dealkylation sites (N-methyl/N-ethyl adjacent to an activating group) is 1. The van der Waals surface area contributed by atoms with Crippen LogP contribution < -0.4 is 10.4 Å². The molecule has 1 atom stereocenters. The van der Waals surface area contributed by atoms with E-state index >= 15 is 0 Å². The van der Waals surface area contributed by atoms with Gasteiger partial charge < -0.3 is 4.74 Å². The molecule has 0 aromatic heterocycles. The average Bonchev–Trinajstić information content (AvgIpc) is 3.14. The van der Waals surface area contributed by atoms with Crippen LogP contribution in [0.25, 0.3) is 0 Å². The maximum Gasteiger partial charge on any atom is 0.312 e. The second-order valence-corrected chi connectivity index (χ2v) is 8.93. The first kappa shape index (κ1) is 21.4. The SMILES string of the molecule is C[N+]1(NC(=O)C2=NN(c3ccc(Cl)cc3Cl)C(c3ccc(Cl)cc3)C2)CCOCC1. The third kappa shape index (κ3) is 4.58. The van der Waals surface area contributed by atoms with Crippen LogP contribution >= 0.6 is 34.8 Å². The molecule has 0 saturated carbocycles. The second-order valence-electron chi connectivity index (χ2n) is 7.65. The molecular weight excluding hydrogens is 447 g/mol. The van der Waals surface area contributed by atoms with E-state index in [4.69, 9.17) is 39.5 Å². The molecule has 9 heteroatoms. The number of carbonyl (C=O) groups excluding carboxylic acids is 1. The highest BCUT2D eigenvalue weighted by Gasteiger charge is 2.36. The molecule has 30 heavy (non-hydrogen) atoms. The summed E-state index contributed by atoms with van der Waals surface area (Å²) in [4.78, 5) is 13.1. The predicted octanol–water partition coefficient (Wildman–Crippen LogP) is 4.46. The number of benzene rings is 2. The number of quaternary nitrogens is 1. The molecule has 1 fully saturated rings. The number of halogens is 3. The van der Waals surface area contributed by atoms with E-state index in [0.717, 1.165) is 5.56 Å². The number of morpholine rings is 1. The number of hydrogen-bond acceptors (Lipinski definition) is 4. The number of carbonyl (C=O) groups is 1. The Morgan fingerprint density at radius 2 is 1.77 bits per heavy atom. The molecule has 2 aliphatic rings. The fraction of sp³-hybridized carbons (Fsp3) is 0.333. The third-order valence-electron chi connectivity index (χ3n) is 5.41. The molecule has 0 spiro atoms. The van der Waals surface area contributed by atoms with Gasteiger partial charge in [-0.15, -0.1) is 0 Å². The van der Waals surface area contributed by atoms with Crippen molar-refractivity contribution in [2.75, 3.05) is 38.4 Å². The van der Waals surface area contributed by atoms with Crippen LogP contribution in [-0.4, -0.2) is 49.6 Å². The summed E-state index contributed by atoms with van der Waals surface area (Å²) in [5.41, 5.74) is 5.23. The van der Waals surface area contributed by atoms with Crippen molar-refractivity contribution in [3.8, 4) is 0 Å². The Hall–Kier alpha value is -1.83. The van der Waals surface area contributed by atoms with Gasteiger partial charge in [0.05, 0.1) is 37.0 Å². The lowest BCUT2D eigenvalue weighted by molar-refractivity contribution is -0.949. The first-order valence-electron chi connectivity index (χ1n) is 9.67. The van der Waals surface area contributed by atoms with Gasteiger partial charge in [-0.25, -0.2) is 4.59 Å². The summed E-state index contributed by atoms with van der Waals surface area (Å²) in [6.45, 7) is 2.66. The van der Waals surface area contributed by atoms with Gasteiger partial charge in [-0.1, -0.05) is 46.9 Å². The monoisotopic (exact) mass is 467 g/mol. The summed E-state index contributed by atoms with van der Waals surface area (Å²) in [6, 6.07) is 12.6. The van der Waals surface area contributed by atoms with Crippen molar-refractivity contribution in [3.63, 3.8) is 0 Å². The smallest absolute Gasteiger partial charge is 0.312 e. The maximum atomic E-state index is 13.1. The Kier molecular flexibility index (Phi) is 6.23. The molecule has 1 saturated heterocycles. The number of hydrogen-bond donors (Lipinski definition) is 1. The van der Waals surface area contributed by atoms with E-state index in [1.54, 1.807) is 17.1 Å². The number of nitrogens with one attached hydrogen (secondary N) is 1. The Bertz CT molecular complexity index is 975. The van der Waals surface area contributed by atoms with Crippen molar-refractivity contribution in [2.45, 2.75) is 12.5 Å². The molecule has 1 N–H and O–H groups in total. The highest BCUT2D eigenvalue weighted by atomic mass is 35.5. The standard InChI is InChI=1S/C21H21Cl3N4O2/c1-28(8-10-30-11-9-28)26-21(29)18-13-20(14-2-4-15(22)5-3-14)27(25-18)19-7-6-16(23)12-17(19)24/h2-7,12,20H,8-11,13H2,1H3/p+1. The lowest BCUT2D eigenvalue weighted by Gasteiger charge is -2.36. The Balaban J connectivity index is 1.64. The van der Waals surface area contributed by atoms with Gasteiger partial charge in [-0.2, -0.15) is 10.5 Å². The summed E-state index contributed by atoms with van der Waals surface area (Å²) < 4.78 is 5.83. The molecule has 1 unspecified atom stereocenters. The largest absolute Gasteiger partial charge is 0.370 e. The highest BCUT2D eigenvalue weighted by Crippen LogP contribution is 2.39. The molecule has 2 aromatic carbocycles. The number of anilines is 1. The Labute approximate surface area is 190 Å². The summed E-state index contributed by atoms with van der Waals surface area (Å²) in [5, 5.41) is 8.11. The minimum atomic E-state index is -0.189. The van der Waals surface area contributed by atoms with Crippen LogP contribution in [0.2, 0.25) is 15.1 Å². The first-order valence-corrected chi connectivity index (χ1v) is 10.8. The van der Waals surface area contributed by atoms with Crippen LogP contribution in [0.15, 0.2) is 47.6 Å². The summed E-state index contributed by atoms with van der Waals surface area (Å²) in [5.74, 6) is -0.189. The van der Waals surface area contributed by atoms with Gasteiger partial charge in [0.25, 0.3) is 0 Å². The van der Waals surface area contributed by atoms with E-state index in [1.165, 1.54) is 0 Å². The fourth-order valence-electron chi connectivity index (χ4n) is 3.65. The van der Waals surface area contributed by atoms with Gasteiger partial charge in [0.2, 0.25) is 0 Å². The third-order valence-corrected chi connectivity index (χ3v) is 6.20. The van der Waals surface area contributed by atoms with Crippen LogP contribution in [-0.2, 0) is 9.53 Å². The summed E-state index contributed by atoms with van der Waals surface area (Å²) in [6.07, 6.45) is 0.447. The van der Waals surface area contributed by atoms with Gasteiger partial charge in [-0.05, 0) is 35.9 Å². The van der Waals surface area contributed by atoms with E-state index in [9.17, 15) is 4.79 Å². The van der Waals surface area contributed by atoms with Crippen molar-refractivity contribution in [2.24, 2.45) is 5.10 Å². The van der Waals surface area contributed by atoms with Gasteiger partial charge in [0.1, 0.15) is 18.8 Å². The number of amides is 1. The summed E-state index contributed by atoms with van der Waals surface area (Å²) in [7, 11) is 1.99. The van der Waals surface area contributed by atoms with Crippen molar-refractivity contribution in [1.29, 1.82) is 0 Å². The molecule has 2 heterocycles. The van der Waals surface area contributed by atoms with Crippen molar-refractivity contribution in [1.82, 2.24) is 5.43 Å². The van der Waals surface area contributed by atoms with E-state index in [-0.39, 0.29) is 11.9 Å². The molecule has 0 radical (unpaired) electrons. The molecule has 0 bridgehead atoms. The molecule has 1 amide bonds. The van der Waals surface area contributed by atoms with Gasteiger partial charge in [-0.3, -0.25) is 9.80 Å². The molecule has 158 valence electrons. The lowest BCUT2D eigenvalue weighted by atomic mass is 10.0. The van der Waals surface area contributed by atoms with E-state index in [1.807, 2.05) is 37.4 Å². The van der Waals surface area contributed by atoms with E-state index in [0.29, 0.717) is 63.8 Å². The summed E-state index contributed by atoms with van der Waals surface area (Å²) >= 11 is 18.6. The minimum absolute atomic E-state index is 0.184. The Morgan fingerprint density at radius 1 is 1.10 bits per heavy atom. The first-order chi connectivity index (χ1) is 14.3. The molecule has 4 rings (SSSR count). The molecular formula is C21H22Cl3N4O2+. The zero-order chi connectivity index (χ0) is 21.3. The zero-order valence-corrected chi connectivity index (χ0v) is 18.7. The molecule has 2 aliphatic heterocycles. The number of nitrogens with zero attached hydrogens (tertiary/aromatic N) is 3. The van der Waals surface area contributed by atoms with Crippen molar-refractivity contribution in [3.05, 3.63) is 63.1 Å². The lowest BCUT2D eigenvalue weighted by Crippen LogP contribution is -2.63. The number of rotatable bonds is 4. The zero-order valence-electron chi connectivity index (χ0n) is 16.4. The fourth-order valence-corrected chi connectivity index (χ4v) is 4.27. The molecule has 0 aliphatic carbocycles. The predicted molar refractivity (Wildman–Crippen MR) is 120 cm³/mol. The highest BCUT2D eigenvalue weighted by molar-refractivity contribution is 6.40. The van der Waals surface area contributed by atoms with Crippen molar-refractivity contribution < 1.29 is 14.1 Å². The maximum absolute atomic E-state index is 13.1. The van der Waals surface area contributed by atoms with Crippen LogP contribution in [0.4, 0.5) is 5.69 Å². The average molecular weight is 469 g/mol. The van der Waals surface area contributed by atoms with Gasteiger partial charge in [0.15, 0.2) is 0 Å². The second kappa shape index (κ2) is 8.73. The number of ether oxygens (including phenoxy) is 1. The number of hydrazone groups is 1. The van der Waals surface area contributed by atoms with Gasteiger partial charge >= 0.3 is 5.91 Å². The van der Waals surface area contributed by atoms with Crippen molar-refractivity contribution >= 4 is 52.1 Å². The van der Waals surface area contributed by atoms with Crippen LogP contribution in [0.3, 0.4) is 0 Å². The van der Waals surface area contributed by atoms with Crippen LogP contribution in [0.1, 0.15) is 18.0 Å².